The van der Waals surface area contributed by atoms with E-state index in [9.17, 15) is 10.2 Å². The van der Waals surface area contributed by atoms with Crippen LogP contribution in [-0.2, 0) is 38.9 Å². The predicted octanol–water partition coefficient (Wildman–Crippen LogP) is 16.0. The molecule has 366 valence electrons. The molecule has 0 saturated heterocycles. The first kappa shape index (κ1) is 46.3. The number of benzene rings is 6. The molecule has 70 heavy (non-hydrogen) atoms. The van der Waals surface area contributed by atoms with Gasteiger partial charge < -0.3 is 40.1 Å². The molecule has 0 amide bonds. The minimum Gasteiger partial charge on any atom is -0.507 e. The van der Waals surface area contributed by atoms with Crippen LogP contribution in [0.4, 0.5) is 17.1 Å². The molecular formula is C61H72N4O5. The molecule has 0 radical (unpaired) electrons. The molecule has 0 fully saturated rings. The molecule has 6 aromatic carbocycles. The summed E-state index contributed by atoms with van der Waals surface area (Å²) in [4.78, 5) is 5.47. The van der Waals surface area contributed by atoms with Crippen LogP contribution in [0.15, 0.2) is 52.9 Å². The van der Waals surface area contributed by atoms with Gasteiger partial charge in [0.25, 0.3) is 0 Å². The molecule has 0 spiro atoms. The van der Waals surface area contributed by atoms with Gasteiger partial charge in [-0.2, -0.15) is 0 Å². The number of nitrogens with one attached hydrogen (secondary N) is 3. The third-order valence-corrected chi connectivity index (χ3v) is 15.4. The van der Waals surface area contributed by atoms with E-state index < -0.39 is 12.5 Å². The van der Waals surface area contributed by atoms with Crippen LogP contribution < -0.4 is 25.4 Å². The zero-order valence-corrected chi connectivity index (χ0v) is 44.6. The Morgan fingerprint density at radius 2 is 0.943 bits per heavy atom. The molecule has 0 aliphatic carbocycles. The molecule has 9 nitrogen and oxygen atoms in total. The lowest BCUT2D eigenvalue weighted by Gasteiger charge is -2.26. The molecule has 7 aromatic rings. The summed E-state index contributed by atoms with van der Waals surface area (Å²) in [6, 6.07) is 17.3. The van der Waals surface area contributed by atoms with Gasteiger partial charge in [-0.25, -0.2) is 4.98 Å². The quantitative estimate of drug-likeness (QED) is 0.101. The van der Waals surface area contributed by atoms with Crippen molar-refractivity contribution in [3.05, 3.63) is 104 Å². The van der Waals surface area contributed by atoms with E-state index in [1.54, 1.807) is 0 Å². The van der Waals surface area contributed by atoms with Crippen molar-refractivity contribution in [2.45, 2.75) is 182 Å². The number of phenolic OH excluding ortho intramolecular Hbond substituents is 2. The van der Waals surface area contributed by atoms with E-state index in [4.69, 9.17) is 18.9 Å². The van der Waals surface area contributed by atoms with E-state index in [2.05, 4.69) is 183 Å². The summed E-state index contributed by atoms with van der Waals surface area (Å²) in [7, 11) is 0. The Morgan fingerprint density at radius 3 is 1.46 bits per heavy atom. The second-order valence-corrected chi connectivity index (χ2v) is 27.0. The molecule has 5 heterocycles. The van der Waals surface area contributed by atoms with Crippen LogP contribution in [-0.4, -0.2) is 15.2 Å². The summed E-state index contributed by atoms with van der Waals surface area (Å²) in [6.07, 6.45) is -0.829. The number of aromatic hydroxyl groups is 2. The van der Waals surface area contributed by atoms with Crippen LogP contribution >= 0.6 is 0 Å². The molecule has 0 saturated carbocycles. The van der Waals surface area contributed by atoms with E-state index in [1.807, 2.05) is 6.07 Å². The highest BCUT2D eigenvalue weighted by Crippen LogP contribution is 2.59. The molecule has 4 aliphatic heterocycles. The maximum Gasteiger partial charge on any atom is 0.231 e. The predicted molar refractivity (Wildman–Crippen MR) is 287 cm³/mol. The molecule has 4 aliphatic rings. The van der Waals surface area contributed by atoms with Gasteiger partial charge in [-0.05, 0) is 114 Å². The maximum atomic E-state index is 12.9. The van der Waals surface area contributed by atoms with E-state index in [1.165, 1.54) is 11.1 Å². The summed E-state index contributed by atoms with van der Waals surface area (Å²) in [5.74, 6) is 2.07. The molecule has 3 unspecified atom stereocenters. The number of hydrogen-bond acceptors (Lipinski definition) is 9. The number of anilines is 3. The van der Waals surface area contributed by atoms with Crippen molar-refractivity contribution in [3.63, 3.8) is 0 Å². The zero-order chi connectivity index (χ0) is 50.5. The molecule has 1 aromatic heterocycles. The highest BCUT2D eigenvalue weighted by atomic mass is 16.5. The highest BCUT2D eigenvalue weighted by molar-refractivity contribution is 6.14. The Labute approximate surface area is 413 Å². The first-order chi connectivity index (χ1) is 32.3. The van der Waals surface area contributed by atoms with Gasteiger partial charge >= 0.3 is 0 Å². The second-order valence-electron chi connectivity index (χ2n) is 27.0. The van der Waals surface area contributed by atoms with Crippen LogP contribution in [0.1, 0.15) is 199 Å². The first-order valence-corrected chi connectivity index (χ1v) is 25.3. The van der Waals surface area contributed by atoms with Gasteiger partial charge in [0.1, 0.15) is 28.5 Å². The lowest BCUT2D eigenvalue weighted by atomic mass is 9.79. The number of nitrogens with zero attached hydrogens (tertiary/aromatic N) is 1. The third-order valence-electron chi connectivity index (χ3n) is 15.4. The van der Waals surface area contributed by atoms with E-state index in [0.29, 0.717) is 34.6 Å². The summed E-state index contributed by atoms with van der Waals surface area (Å²) in [5, 5.41) is 41.5. The normalized spacial score (nSPS) is 18.6. The van der Waals surface area contributed by atoms with E-state index in [-0.39, 0.29) is 50.0 Å². The summed E-state index contributed by atoms with van der Waals surface area (Å²) >= 11 is 0. The van der Waals surface area contributed by atoms with Gasteiger partial charge in [0.05, 0.1) is 34.1 Å². The number of phenols is 2. The fourth-order valence-corrected chi connectivity index (χ4v) is 11.4. The van der Waals surface area contributed by atoms with Gasteiger partial charge in [-0.15, -0.1) is 0 Å². The van der Waals surface area contributed by atoms with Gasteiger partial charge in [-0.1, -0.05) is 131 Å². The van der Waals surface area contributed by atoms with Crippen molar-refractivity contribution in [1.29, 1.82) is 0 Å². The van der Waals surface area contributed by atoms with Crippen molar-refractivity contribution in [3.8, 4) is 34.5 Å². The Kier molecular flexibility index (Phi) is 9.45. The highest BCUT2D eigenvalue weighted by Gasteiger charge is 2.42. The number of hydrogen-bond donors (Lipinski definition) is 5. The molecule has 9 heteroatoms. The lowest BCUT2D eigenvalue weighted by Crippen LogP contribution is -2.18. The number of rotatable bonds is 0. The fraction of sp³-hybridized carbons (Fsp3) is 0.459. The molecule has 3 atom stereocenters. The molecule has 11 rings (SSSR count). The van der Waals surface area contributed by atoms with Crippen LogP contribution in [0.25, 0.3) is 44.1 Å². The Bertz CT molecular complexity index is 3430. The van der Waals surface area contributed by atoms with Crippen molar-refractivity contribution in [2.24, 2.45) is 0 Å². The van der Waals surface area contributed by atoms with Crippen molar-refractivity contribution >= 4 is 49.7 Å². The summed E-state index contributed by atoms with van der Waals surface area (Å²) in [5.41, 5.74) is 12.7. The largest absolute Gasteiger partial charge is 0.507 e. The fourth-order valence-electron chi connectivity index (χ4n) is 11.4. The zero-order valence-electron chi connectivity index (χ0n) is 44.6. The number of ether oxygens (including phenoxy) is 2. The Balaban J connectivity index is 1.28. The number of aromatic nitrogens is 1. The maximum absolute atomic E-state index is 12.9. The van der Waals surface area contributed by atoms with Crippen molar-refractivity contribution in [2.75, 3.05) is 16.0 Å². The van der Waals surface area contributed by atoms with Gasteiger partial charge in [0, 0.05) is 38.7 Å². The Morgan fingerprint density at radius 1 is 0.486 bits per heavy atom. The van der Waals surface area contributed by atoms with Gasteiger partial charge in [0.2, 0.25) is 5.89 Å². The summed E-state index contributed by atoms with van der Waals surface area (Å²) < 4.78 is 21.5. The number of oxazole rings is 1. The SMILES string of the molecule is CC(C)(C)c1cc2c(O)c(c1)C1Nc3c(c(C(C)(C)C)cc4cc(C(C)(C)C)c5c(c34)NC(O5)c3cc(C(C)(C)C)cc(c3O)C3Cc4c(C(C)(C)C)cc5cc(C(C)(C)C)c6oc-2nc6c5c4N3)O1. The van der Waals surface area contributed by atoms with Gasteiger partial charge in [-0.3, -0.25) is 0 Å². The number of fused-ring (bicyclic) bond motifs is 12. The first-order valence-electron chi connectivity index (χ1n) is 25.3. The third kappa shape index (κ3) is 6.94. The molecule has 12 bridgehead atoms. The average Bonchev–Trinajstić information content (AvgIpc) is 4.04. The monoisotopic (exact) mass is 941 g/mol. The van der Waals surface area contributed by atoms with Crippen molar-refractivity contribution in [1.82, 2.24) is 4.98 Å². The lowest BCUT2D eigenvalue weighted by molar-refractivity contribution is 0.247. The Hall–Kier alpha value is -6.09. The summed E-state index contributed by atoms with van der Waals surface area (Å²) in [6.45, 7) is 40.0. The minimum absolute atomic E-state index is 0.0475. The standard InChI is InChI=1S/C61H72N4O5/c1-56(2,3)30-23-33-41-27-32-37(58(7,8)9)19-28-20-38(59(10,11)12)50-45(42(28)44(32)62-41)63-54(68-50)35-25-31(57(4,5)6)26-36(49(35)67)55-65-47-43-29(22-40(52(47)70-55)61(16,17)18)21-39(60(13,14)15)51-46(43)64-53(69-51)34(24-30)48(33)66/h19-26,41,53,55,62,64-67H,27H2,1-18H3. The van der Waals surface area contributed by atoms with Crippen LogP contribution in [0.2, 0.25) is 0 Å². The topological polar surface area (TPSA) is 121 Å². The van der Waals surface area contributed by atoms with Crippen LogP contribution in [0.3, 0.4) is 0 Å². The van der Waals surface area contributed by atoms with E-state index in [0.717, 1.165) is 89.0 Å². The minimum atomic E-state index is -0.768. The van der Waals surface area contributed by atoms with Crippen LogP contribution in [0.5, 0.6) is 23.0 Å². The van der Waals surface area contributed by atoms with E-state index >= 15 is 0 Å². The molecule has 5 N–H and O–H groups in total. The van der Waals surface area contributed by atoms with Crippen molar-refractivity contribution < 1.29 is 24.1 Å². The average molecular weight is 941 g/mol. The van der Waals surface area contributed by atoms with Gasteiger partial charge in [0.15, 0.2) is 18.0 Å². The molecular weight excluding hydrogens is 869 g/mol. The smallest absolute Gasteiger partial charge is 0.231 e. The second kappa shape index (κ2) is 14.3. The van der Waals surface area contributed by atoms with Crippen LogP contribution in [0, 0.1) is 0 Å².